The lowest BCUT2D eigenvalue weighted by molar-refractivity contribution is 0.415. The molecule has 2 aromatic carbocycles. The van der Waals surface area contributed by atoms with Crippen LogP contribution in [0.5, 0.6) is 0 Å². The smallest absolute Gasteiger partial charge is 0.106 e. The number of hydrogen-bond donors (Lipinski definition) is 0. The first-order valence-corrected chi connectivity index (χ1v) is 7.09. The van der Waals surface area contributed by atoms with Crippen molar-refractivity contribution in [1.82, 2.24) is 0 Å². The van der Waals surface area contributed by atoms with Crippen molar-refractivity contribution in [2.24, 2.45) is 0 Å². The van der Waals surface area contributed by atoms with E-state index in [1.807, 2.05) is 55.5 Å². The van der Waals surface area contributed by atoms with Crippen LogP contribution in [0.3, 0.4) is 0 Å². The van der Waals surface area contributed by atoms with Crippen LogP contribution >= 0.6 is 0 Å². The van der Waals surface area contributed by atoms with Crippen LogP contribution < -0.4 is 0 Å². The maximum atomic E-state index is 12.3. The summed E-state index contributed by atoms with van der Waals surface area (Å²) >= 11 is 0. The van der Waals surface area contributed by atoms with Crippen molar-refractivity contribution < 1.29 is 8.95 Å². The van der Waals surface area contributed by atoms with Gasteiger partial charge in [-0.2, -0.15) is 0 Å². The quantitative estimate of drug-likeness (QED) is 0.791. The van der Waals surface area contributed by atoms with Crippen molar-refractivity contribution in [3.8, 4) is 0 Å². The molecular formula is C15H14O2S. The largest absolute Gasteiger partial charge is 0.368 e. The number of aryl methyl sites for hydroxylation is 1. The van der Waals surface area contributed by atoms with E-state index < -0.39 is 10.8 Å². The van der Waals surface area contributed by atoms with E-state index in [1.54, 1.807) is 0 Å². The van der Waals surface area contributed by atoms with E-state index in [1.165, 1.54) is 11.1 Å². The molecule has 2 nitrogen and oxygen atoms in total. The molecule has 0 bridgehead atoms. The average Bonchev–Trinajstić information content (AvgIpc) is 3.23. The average molecular weight is 258 g/mol. The first kappa shape index (κ1) is 11.6. The molecule has 1 saturated heterocycles. The molecule has 1 fully saturated rings. The summed E-state index contributed by atoms with van der Waals surface area (Å²) in [4.78, 5) is 1.68. The Bertz CT molecular complexity index is 568. The monoisotopic (exact) mass is 258 g/mol. The van der Waals surface area contributed by atoms with Gasteiger partial charge in [0.25, 0.3) is 0 Å². The van der Waals surface area contributed by atoms with Crippen LogP contribution in [0.1, 0.15) is 17.2 Å². The summed E-state index contributed by atoms with van der Waals surface area (Å²) in [5.41, 5.74) is 2.34. The van der Waals surface area contributed by atoms with Crippen LogP contribution in [0.2, 0.25) is 0 Å². The topological polar surface area (TPSA) is 29.6 Å². The summed E-state index contributed by atoms with van der Waals surface area (Å²) in [6.45, 7) is 2.83. The minimum Gasteiger partial charge on any atom is -0.368 e. The van der Waals surface area contributed by atoms with E-state index in [0.717, 1.165) is 16.4 Å². The van der Waals surface area contributed by atoms with Gasteiger partial charge in [-0.25, -0.2) is 4.21 Å². The fourth-order valence-corrected chi connectivity index (χ4v) is 2.88. The van der Waals surface area contributed by atoms with E-state index in [-0.39, 0.29) is 6.10 Å². The lowest BCUT2D eigenvalue weighted by Crippen LogP contribution is -1.93. The zero-order valence-corrected chi connectivity index (χ0v) is 10.9. The Balaban J connectivity index is 1.84. The Morgan fingerprint density at radius 1 is 1.00 bits per heavy atom. The highest BCUT2D eigenvalue weighted by atomic mass is 32.2. The van der Waals surface area contributed by atoms with Gasteiger partial charge in [0.1, 0.15) is 6.10 Å². The van der Waals surface area contributed by atoms with Gasteiger partial charge in [-0.05, 0) is 36.8 Å². The van der Waals surface area contributed by atoms with Crippen molar-refractivity contribution in [2.75, 3.05) is 6.61 Å². The summed E-state index contributed by atoms with van der Waals surface area (Å²) in [5.74, 6) is 0. The number of epoxide rings is 1. The van der Waals surface area contributed by atoms with Gasteiger partial charge in [0.2, 0.25) is 0 Å². The summed E-state index contributed by atoms with van der Waals surface area (Å²) in [6, 6.07) is 15.7. The fraction of sp³-hybridized carbons (Fsp3) is 0.200. The number of ether oxygens (including phenoxy) is 1. The molecule has 1 aliphatic heterocycles. The number of rotatable bonds is 3. The van der Waals surface area contributed by atoms with Gasteiger partial charge >= 0.3 is 0 Å². The predicted molar refractivity (Wildman–Crippen MR) is 71.0 cm³/mol. The first-order valence-electron chi connectivity index (χ1n) is 5.94. The Kier molecular flexibility index (Phi) is 3.02. The molecule has 0 radical (unpaired) electrons. The highest BCUT2D eigenvalue weighted by molar-refractivity contribution is 7.85. The second-order valence-electron chi connectivity index (χ2n) is 4.47. The van der Waals surface area contributed by atoms with Crippen LogP contribution in [0.15, 0.2) is 58.3 Å². The molecule has 2 aromatic rings. The van der Waals surface area contributed by atoms with Crippen molar-refractivity contribution in [1.29, 1.82) is 0 Å². The Hall–Kier alpha value is -1.45. The summed E-state index contributed by atoms with van der Waals surface area (Å²) in [7, 11) is -1.10. The van der Waals surface area contributed by atoms with E-state index in [4.69, 9.17) is 4.74 Å². The van der Waals surface area contributed by atoms with Gasteiger partial charge < -0.3 is 4.74 Å². The minimum atomic E-state index is -1.10. The molecule has 2 atom stereocenters. The Morgan fingerprint density at radius 2 is 1.50 bits per heavy atom. The summed E-state index contributed by atoms with van der Waals surface area (Å²) in [6.07, 6.45) is 0.256. The third-order valence-electron chi connectivity index (χ3n) is 3.03. The molecule has 3 rings (SSSR count). The Labute approximate surface area is 109 Å². The SMILES string of the molecule is Cc1ccc(S(=O)c2ccc([C@H]3CO3)cc2)cc1. The molecule has 0 N–H and O–H groups in total. The third-order valence-corrected chi connectivity index (χ3v) is 4.43. The number of benzene rings is 2. The van der Waals surface area contributed by atoms with Gasteiger partial charge in [0.05, 0.1) is 17.4 Å². The van der Waals surface area contributed by atoms with E-state index >= 15 is 0 Å². The fourth-order valence-electron chi connectivity index (χ4n) is 1.84. The van der Waals surface area contributed by atoms with Gasteiger partial charge in [-0.3, -0.25) is 0 Å². The molecule has 0 amide bonds. The molecule has 1 heterocycles. The van der Waals surface area contributed by atoms with Crippen molar-refractivity contribution in [2.45, 2.75) is 22.8 Å². The summed E-state index contributed by atoms with van der Waals surface area (Å²) < 4.78 is 17.6. The van der Waals surface area contributed by atoms with Gasteiger partial charge in [0, 0.05) is 9.79 Å². The normalized spacial score (nSPS) is 19.5. The molecular weight excluding hydrogens is 244 g/mol. The second kappa shape index (κ2) is 4.67. The van der Waals surface area contributed by atoms with Crippen molar-refractivity contribution >= 4 is 10.8 Å². The van der Waals surface area contributed by atoms with Gasteiger partial charge in [-0.15, -0.1) is 0 Å². The first-order chi connectivity index (χ1) is 8.74. The lowest BCUT2D eigenvalue weighted by Gasteiger charge is -2.04. The third kappa shape index (κ3) is 2.37. The van der Waals surface area contributed by atoms with Crippen molar-refractivity contribution in [3.05, 3.63) is 59.7 Å². The van der Waals surface area contributed by atoms with Crippen LogP contribution in [0.4, 0.5) is 0 Å². The molecule has 0 aromatic heterocycles. The molecule has 0 saturated carbocycles. The van der Waals surface area contributed by atoms with Crippen molar-refractivity contribution in [3.63, 3.8) is 0 Å². The number of hydrogen-bond acceptors (Lipinski definition) is 2. The molecule has 1 aliphatic rings. The highest BCUT2D eigenvalue weighted by Crippen LogP contribution is 2.30. The maximum absolute atomic E-state index is 12.3. The molecule has 0 aliphatic carbocycles. The minimum absolute atomic E-state index is 0.256. The summed E-state index contributed by atoms with van der Waals surface area (Å²) in [5, 5.41) is 0. The Morgan fingerprint density at radius 3 is 2.00 bits per heavy atom. The molecule has 18 heavy (non-hydrogen) atoms. The van der Waals surface area contributed by atoms with Crippen LogP contribution in [-0.2, 0) is 15.5 Å². The van der Waals surface area contributed by atoms with Gasteiger partial charge in [-0.1, -0.05) is 29.8 Å². The maximum Gasteiger partial charge on any atom is 0.106 e. The second-order valence-corrected chi connectivity index (χ2v) is 5.95. The molecule has 92 valence electrons. The zero-order chi connectivity index (χ0) is 12.5. The van der Waals surface area contributed by atoms with Crippen LogP contribution in [0, 0.1) is 6.92 Å². The highest BCUT2D eigenvalue weighted by Gasteiger charge is 2.24. The van der Waals surface area contributed by atoms with Crippen LogP contribution in [0.25, 0.3) is 0 Å². The van der Waals surface area contributed by atoms with E-state index in [0.29, 0.717) is 0 Å². The standard InChI is InChI=1S/C15H14O2S/c1-11-2-6-13(7-3-11)18(16)14-8-4-12(5-9-14)15-10-17-15/h2-9,15H,10H2,1H3/t15-,18?/m1/s1. The molecule has 1 unspecified atom stereocenters. The molecule has 0 spiro atoms. The molecule has 3 heteroatoms. The predicted octanol–water partition coefficient (Wildman–Crippen LogP) is 3.23. The van der Waals surface area contributed by atoms with Gasteiger partial charge in [0.15, 0.2) is 0 Å². The lowest BCUT2D eigenvalue weighted by atomic mass is 10.2. The van der Waals surface area contributed by atoms with Crippen LogP contribution in [-0.4, -0.2) is 10.8 Å². The van der Waals surface area contributed by atoms with E-state index in [9.17, 15) is 4.21 Å². The van der Waals surface area contributed by atoms with E-state index in [2.05, 4.69) is 0 Å². The zero-order valence-electron chi connectivity index (χ0n) is 10.1.